The minimum atomic E-state index is 0.330. The van der Waals surface area contributed by atoms with Crippen molar-refractivity contribution < 1.29 is 0 Å². The lowest BCUT2D eigenvalue weighted by Crippen LogP contribution is -2.29. The predicted molar refractivity (Wildman–Crippen MR) is 49.3 cm³/mol. The zero-order chi connectivity index (χ0) is 8.43. The van der Waals surface area contributed by atoms with E-state index in [2.05, 4.69) is 26.8 Å². The van der Waals surface area contributed by atoms with Gasteiger partial charge >= 0.3 is 0 Å². The molecule has 1 nitrogen and oxygen atoms in total. The molecule has 0 aromatic heterocycles. The summed E-state index contributed by atoms with van der Waals surface area (Å²) in [6.07, 6.45) is 4.72. The third-order valence-electron chi connectivity index (χ3n) is 2.83. The predicted octanol–water partition coefficient (Wildman–Crippen LogP) is 2.33. The smallest absolute Gasteiger partial charge is 0.0253 e. The molecule has 0 radical (unpaired) electrons. The Kier molecular flexibility index (Phi) is 2.72. The van der Waals surface area contributed by atoms with Gasteiger partial charge in [0.15, 0.2) is 0 Å². The second-order valence-electron chi connectivity index (χ2n) is 4.03. The van der Waals surface area contributed by atoms with E-state index in [9.17, 15) is 0 Å². The fourth-order valence-electron chi connectivity index (χ4n) is 1.64. The lowest BCUT2D eigenvalue weighted by atomic mass is 9.80. The fourth-order valence-corrected chi connectivity index (χ4v) is 1.64. The molecule has 0 fully saturated rings. The molecule has 1 aliphatic carbocycles. The topological polar surface area (TPSA) is 26.0 Å². The standard InChI is InChI=1S/C10H19N/c1-7(2)9-5-4-8(3)10(11)6-9/h4,7,9-10H,5-6,11H2,1-3H3/t9-,10-/m0/s1. The molecule has 1 aliphatic rings. The van der Waals surface area contributed by atoms with Gasteiger partial charge in [-0.1, -0.05) is 25.5 Å². The highest BCUT2D eigenvalue weighted by Gasteiger charge is 2.20. The SMILES string of the molecule is CC1=CC[C@H](C(C)C)C[C@@H]1N. The van der Waals surface area contributed by atoms with Gasteiger partial charge in [0.1, 0.15) is 0 Å². The molecular formula is C10H19N. The first-order chi connectivity index (χ1) is 5.11. The third kappa shape index (κ3) is 2.06. The summed E-state index contributed by atoms with van der Waals surface area (Å²) in [5, 5.41) is 0. The zero-order valence-electron chi connectivity index (χ0n) is 7.80. The van der Waals surface area contributed by atoms with Crippen LogP contribution in [0.25, 0.3) is 0 Å². The van der Waals surface area contributed by atoms with Crippen LogP contribution in [-0.4, -0.2) is 6.04 Å². The maximum atomic E-state index is 5.94. The van der Waals surface area contributed by atoms with Gasteiger partial charge in [0, 0.05) is 6.04 Å². The van der Waals surface area contributed by atoms with Gasteiger partial charge in [0.25, 0.3) is 0 Å². The minimum Gasteiger partial charge on any atom is -0.324 e. The van der Waals surface area contributed by atoms with Gasteiger partial charge in [-0.3, -0.25) is 0 Å². The van der Waals surface area contributed by atoms with Crippen LogP contribution in [-0.2, 0) is 0 Å². The van der Waals surface area contributed by atoms with Crippen molar-refractivity contribution in [1.82, 2.24) is 0 Å². The van der Waals surface area contributed by atoms with Gasteiger partial charge in [-0.2, -0.15) is 0 Å². The Morgan fingerprint density at radius 2 is 2.18 bits per heavy atom. The van der Waals surface area contributed by atoms with E-state index in [-0.39, 0.29) is 0 Å². The molecule has 64 valence electrons. The zero-order valence-corrected chi connectivity index (χ0v) is 7.80. The Hall–Kier alpha value is -0.300. The van der Waals surface area contributed by atoms with E-state index in [4.69, 9.17) is 5.73 Å². The van der Waals surface area contributed by atoms with E-state index in [1.807, 2.05) is 0 Å². The number of rotatable bonds is 1. The molecule has 2 N–H and O–H groups in total. The molecule has 0 saturated heterocycles. The molecule has 0 amide bonds. The largest absolute Gasteiger partial charge is 0.324 e. The molecule has 0 aromatic rings. The molecule has 0 aromatic carbocycles. The first kappa shape index (κ1) is 8.79. The Labute approximate surface area is 69.7 Å². The van der Waals surface area contributed by atoms with Gasteiger partial charge < -0.3 is 5.73 Å². The van der Waals surface area contributed by atoms with Crippen molar-refractivity contribution in [3.63, 3.8) is 0 Å². The van der Waals surface area contributed by atoms with Crippen molar-refractivity contribution in [2.75, 3.05) is 0 Å². The molecule has 0 aliphatic heterocycles. The third-order valence-corrected chi connectivity index (χ3v) is 2.83. The summed E-state index contributed by atoms with van der Waals surface area (Å²) in [4.78, 5) is 0. The van der Waals surface area contributed by atoms with Crippen molar-refractivity contribution in [2.24, 2.45) is 17.6 Å². The molecule has 0 bridgehead atoms. The van der Waals surface area contributed by atoms with Gasteiger partial charge in [0.05, 0.1) is 0 Å². The van der Waals surface area contributed by atoms with Crippen molar-refractivity contribution in [1.29, 1.82) is 0 Å². The Morgan fingerprint density at radius 1 is 1.55 bits per heavy atom. The molecule has 0 spiro atoms. The summed E-state index contributed by atoms with van der Waals surface area (Å²) in [6.45, 7) is 6.71. The molecule has 0 heterocycles. The van der Waals surface area contributed by atoms with Gasteiger partial charge in [-0.25, -0.2) is 0 Å². The van der Waals surface area contributed by atoms with Crippen molar-refractivity contribution >= 4 is 0 Å². The minimum absolute atomic E-state index is 0.330. The van der Waals surface area contributed by atoms with Crippen LogP contribution < -0.4 is 5.73 Å². The second-order valence-corrected chi connectivity index (χ2v) is 4.03. The molecular weight excluding hydrogens is 134 g/mol. The van der Waals surface area contributed by atoms with Gasteiger partial charge in [-0.05, 0) is 31.6 Å². The maximum Gasteiger partial charge on any atom is 0.0253 e. The summed E-state index contributed by atoms with van der Waals surface area (Å²) < 4.78 is 0. The van der Waals surface area contributed by atoms with Crippen LogP contribution in [0.2, 0.25) is 0 Å². The summed E-state index contributed by atoms with van der Waals surface area (Å²) in [7, 11) is 0. The van der Waals surface area contributed by atoms with E-state index in [1.165, 1.54) is 18.4 Å². The normalized spacial score (nSPS) is 32.3. The highest BCUT2D eigenvalue weighted by molar-refractivity contribution is 5.11. The molecule has 0 unspecified atom stereocenters. The van der Waals surface area contributed by atoms with Crippen LogP contribution in [0.5, 0.6) is 0 Å². The highest BCUT2D eigenvalue weighted by atomic mass is 14.6. The number of hydrogen-bond acceptors (Lipinski definition) is 1. The lowest BCUT2D eigenvalue weighted by molar-refractivity contribution is 0.332. The Morgan fingerprint density at radius 3 is 2.64 bits per heavy atom. The summed E-state index contributed by atoms with van der Waals surface area (Å²) in [6, 6.07) is 0.330. The fraction of sp³-hybridized carbons (Fsp3) is 0.800. The van der Waals surface area contributed by atoms with E-state index >= 15 is 0 Å². The molecule has 0 saturated carbocycles. The van der Waals surface area contributed by atoms with Gasteiger partial charge in [0.2, 0.25) is 0 Å². The van der Waals surface area contributed by atoms with Crippen LogP contribution in [0.4, 0.5) is 0 Å². The monoisotopic (exact) mass is 153 g/mol. The quantitative estimate of drug-likeness (QED) is 0.575. The summed E-state index contributed by atoms with van der Waals surface area (Å²) in [5.74, 6) is 1.60. The van der Waals surface area contributed by atoms with Gasteiger partial charge in [-0.15, -0.1) is 0 Å². The van der Waals surface area contributed by atoms with Crippen LogP contribution in [0.3, 0.4) is 0 Å². The first-order valence-electron chi connectivity index (χ1n) is 4.53. The number of nitrogens with two attached hydrogens (primary N) is 1. The second kappa shape index (κ2) is 3.40. The lowest BCUT2D eigenvalue weighted by Gasteiger charge is -2.28. The molecule has 1 rings (SSSR count). The molecule has 11 heavy (non-hydrogen) atoms. The highest BCUT2D eigenvalue weighted by Crippen LogP contribution is 2.27. The average molecular weight is 153 g/mol. The van der Waals surface area contributed by atoms with E-state index in [0.717, 1.165) is 11.8 Å². The summed E-state index contributed by atoms with van der Waals surface area (Å²) >= 11 is 0. The number of allylic oxidation sites excluding steroid dienone is 1. The molecule has 2 atom stereocenters. The Bertz CT molecular complexity index is 158. The number of hydrogen-bond donors (Lipinski definition) is 1. The van der Waals surface area contributed by atoms with E-state index in [1.54, 1.807) is 0 Å². The van der Waals surface area contributed by atoms with Crippen molar-refractivity contribution in [3.8, 4) is 0 Å². The van der Waals surface area contributed by atoms with E-state index < -0.39 is 0 Å². The summed E-state index contributed by atoms with van der Waals surface area (Å²) in [5.41, 5.74) is 7.31. The van der Waals surface area contributed by atoms with Crippen LogP contribution in [0.1, 0.15) is 33.6 Å². The van der Waals surface area contributed by atoms with Crippen LogP contribution >= 0.6 is 0 Å². The van der Waals surface area contributed by atoms with Crippen molar-refractivity contribution in [2.45, 2.75) is 39.7 Å². The van der Waals surface area contributed by atoms with Crippen LogP contribution in [0, 0.1) is 11.8 Å². The van der Waals surface area contributed by atoms with Crippen LogP contribution in [0.15, 0.2) is 11.6 Å². The maximum absolute atomic E-state index is 5.94. The average Bonchev–Trinajstić information content (AvgIpc) is 1.94. The first-order valence-corrected chi connectivity index (χ1v) is 4.53. The Balaban J connectivity index is 2.55. The molecule has 1 heteroatoms. The van der Waals surface area contributed by atoms with Crippen molar-refractivity contribution in [3.05, 3.63) is 11.6 Å². The van der Waals surface area contributed by atoms with E-state index in [0.29, 0.717) is 6.04 Å².